The van der Waals surface area contributed by atoms with E-state index in [0.717, 1.165) is 16.9 Å². The van der Waals surface area contributed by atoms with Gasteiger partial charge in [0.2, 0.25) is 0 Å². The maximum absolute atomic E-state index is 13.1. The Balaban J connectivity index is 2.12. The Bertz CT molecular complexity index is 710. The van der Waals surface area contributed by atoms with Gasteiger partial charge in [0.1, 0.15) is 12.4 Å². The Morgan fingerprint density at radius 3 is 2.32 bits per heavy atom. The van der Waals surface area contributed by atoms with Crippen LogP contribution in [-0.2, 0) is 10.8 Å². The van der Waals surface area contributed by atoms with Gasteiger partial charge < -0.3 is 4.74 Å². The minimum Gasteiger partial charge on any atom is -0.491 e. The van der Waals surface area contributed by atoms with Crippen molar-refractivity contribution in [1.82, 2.24) is 0 Å². The van der Waals surface area contributed by atoms with Gasteiger partial charge in [-0.3, -0.25) is 4.79 Å². The lowest BCUT2D eigenvalue weighted by atomic mass is 9.73. The number of carbonyl (C=O) groups is 1. The lowest BCUT2D eigenvalue weighted by molar-refractivity contribution is 0.0788. The first-order valence-corrected chi connectivity index (χ1v) is 7.71. The fourth-order valence-electron chi connectivity index (χ4n) is 3.06. The number of benzene rings is 2. The van der Waals surface area contributed by atoms with Crippen LogP contribution in [0.25, 0.3) is 0 Å². The molecule has 0 spiro atoms. The van der Waals surface area contributed by atoms with Gasteiger partial charge in [-0.2, -0.15) is 0 Å². The number of rotatable bonds is 1. The van der Waals surface area contributed by atoms with E-state index in [4.69, 9.17) is 4.74 Å². The highest BCUT2D eigenvalue weighted by Gasteiger charge is 2.42. The Labute approximate surface area is 132 Å². The third-order valence-electron chi connectivity index (χ3n) is 4.48. The molecule has 0 N–H and O–H groups in total. The van der Waals surface area contributed by atoms with Crippen molar-refractivity contribution in [3.63, 3.8) is 0 Å². The second-order valence-corrected chi connectivity index (χ2v) is 7.25. The summed E-state index contributed by atoms with van der Waals surface area (Å²) in [6, 6.07) is 15.8. The van der Waals surface area contributed by atoms with Crippen molar-refractivity contribution in [1.29, 1.82) is 0 Å². The number of para-hydroxylation sites is 1. The van der Waals surface area contributed by atoms with Gasteiger partial charge in [-0.15, -0.1) is 0 Å². The summed E-state index contributed by atoms with van der Waals surface area (Å²) in [5.41, 5.74) is 2.13. The third-order valence-corrected chi connectivity index (χ3v) is 4.48. The van der Waals surface area contributed by atoms with Gasteiger partial charge in [0.15, 0.2) is 5.78 Å². The molecule has 0 aliphatic carbocycles. The summed E-state index contributed by atoms with van der Waals surface area (Å²) < 4.78 is 6.10. The molecular formula is C20H22O2. The zero-order valence-corrected chi connectivity index (χ0v) is 13.6. The summed E-state index contributed by atoms with van der Waals surface area (Å²) in [4.78, 5) is 13.1. The molecule has 1 aliphatic rings. The average Bonchev–Trinajstić information content (AvgIpc) is 2.50. The lowest BCUT2D eigenvalue weighted by Crippen LogP contribution is -2.43. The van der Waals surface area contributed by atoms with Crippen molar-refractivity contribution in [3.8, 4) is 5.75 Å². The molecule has 2 aromatic rings. The van der Waals surface area contributed by atoms with Crippen LogP contribution in [0.2, 0.25) is 0 Å². The van der Waals surface area contributed by atoms with Gasteiger partial charge in [0, 0.05) is 5.56 Å². The largest absolute Gasteiger partial charge is 0.491 e. The summed E-state index contributed by atoms with van der Waals surface area (Å²) in [6.07, 6.45) is 0. The molecule has 1 atom stereocenters. The first-order valence-electron chi connectivity index (χ1n) is 7.71. The molecule has 0 radical (unpaired) electrons. The predicted octanol–water partition coefficient (Wildman–Crippen LogP) is 4.52. The molecule has 0 fully saturated rings. The number of ketones is 1. The van der Waals surface area contributed by atoms with Gasteiger partial charge in [-0.05, 0) is 24.0 Å². The van der Waals surface area contributed by atoms with E-state index in [-0.39, 0.29) is 11.2 Å². The van der Waals surface area contributed by atoms with Crippen LogP contribution in [0.4, 0.5) is 0 Å². The molecule has 0 bridgehead atoms. The first kappa shape index (κ1) is 14.8. The smallest absolute Gasteiger partial charge is 0.180 e. The Kier molecular flexibility index (Phi) is 3.36. The Morgan fingerprint density at radius 1 is 1.00 bits per heavy atom. The second-order valence-electron chi connectivity index (χ2n) is 7.25. The normalized spacial score (nSPS) is 21.2. The van der Waals surface area contributed by atoms with Gasteiger partial charge in [-0.1, -0.05) is 63.2 Å². The maximum atomic E-state index is 13.1. The van der Waals surface area contributed by atoms with Crippen molar-refractivity contribution in [2.45, 2.75) is 38.5 Å². The van der Waals surface area contributed by atoms with E-state index >= 15 is 0 Å². The Hall–Kier alpha value is -2.09. The van der Waals surface area contributed by atoms with Crippen LogP contribution >= 0.6 is 0 Å². The maximum Gasteiger partial charge on any atom is 0.180 e. The molecule has 22 heavy (non-hydrogen) atoms. The molecule has 2 nitrogen and oxygen atoms in total. The first-order chi connectivity index (χ1) is 10.3. The monoisotopic (exact) mass is 294 g/mol. The number of Topliss-reactive ketones (excluding diaryl/α,β-unsaturated/α-hetero) is 1. The number of hydrogen-bond donors (Lipinski definition) is 0. The number of ether oxygens (including phenoxy) is 1. The zero-order valence-electron chi connectivity index (χ0n) is 13.6. The van der Waals surface area contributed by atoms with Crippen LogP contribution in [0.15, 0.2) is 48.5 Å². The van der Waals surface area contributed by atoms with Crippen LogP contribution in [0.3, 0.4) is 0 Å². The summed E-state index contributed by atoms with van der Waals surface area (Å²) in [5.74, 6) is 0.902. The second kappa shape index (κ2) is 4.98. The van der Waals surface area contributed by atoms with Crippen molar-refractivity contribution in [3.05, 3.63) is 65.2 Å². The Morgan fingerprint density at radius 2 is 1.68 bits per heavy atom. The highest BCUT2D eigenvalue weighted by atomic mass is 16.5. The van der Waals surface area contributed by atoms with Crippen LogP contribution in [-0.4, -0.2) is 12.4 Å². The highest BCUT2D eigenvalue weighted by Crippen LogP contribution is 2.42. The molecule has 0 unspecified atom stereocenters. The molecule has 1 aliphatic heterocycles. The summed E-state index contributed by atoms with van der Waals surface area (Å²) >= 11 is 0. The molecule has 2 aromatic carbocycles. The molecule has 3 rings (SSSR count). The van der Waals surface area contributed by atoms with Crippen LogP contribution in [0.5, 0.6) is 5.75 Å². The minimum absolute atomic E-state index is 0.0495. The molecule has 114 valence electrons. The van der Waals surface area contributed by atoms with Crippen molar-refractivity contribution in [2.75, 3.05) is 6.61 Å². The van der Waals surface area contributed by atoms with E-state index in [2.05, 4.69) is 26.8 Å². The molecule has 0 aromatic heterocycles. The highest BCUT2D eigenvalue weighted by molar-refractivity contribution is 6.07. The van der Waals surface area contributed by atoms with Gasteiger partial charge >= 0.3 is 0 Å². The molecule has 2 heteroatoms. The quantitative estimate of drug-likeness (QED) is 0.773. The van der Waals surface area contributed by atoms with Gasteiger partial charge in [0.05, 0.1) is 11.0 Å². The van der Waals surface area contributed by atoms with E-state index in [1.54, 1.807) is 0 Å². The van der Waals surface area contributed by atoms with E-state index in [0.29, 0.717) is 12.2 Å². The fourth-order valence-corrected chi connectivity index (χ4v) is 3.06. The van der Waals surface area contributed by atoms with Crippen molar-refractivity contribution >= 4 is 5.78 Å². The topological polar surface area (TPSA) is 26.3 Å². The predicted molar refractivity (Wildman–Crippen MR) is 88.8 cm³/mol. The molecule has 0 amide bonds. The van der Waals surface area contributed by atoms with Gasteiger partial charge in [-0.25, -0.2) is 0 Å². The van der Waals surface area contributed by atoms with E-state index in [1.807, 2.05) is 49.4 Å². The summed E-state index contributed by atoms with van der Waals surface area (Å²) in [7, 11) is 0. The molecule has 0 saturated heterocycles. The molecule has 1 heterocycles. The third kappa shape index (κ3) is 2.23. The van der Waals surface area contributed by atoms with Gasteiger partial charge in [0.25, 0.3) is 0 Å². The molecular weight excluding hydrogens is 272 g/mol. The van der Waals surface area contributed by atoms with Crippen LogP contribution in [0, 0.1) is 0 Å². The van der Waals surface area contributed by atoms with E-state index in [1.165, 1.54) is 0 Å². The zero-order chi connectivity index (χ0) is 16.0. The van der Waals surface area contributed by atoms with E-state index < -0.39 is 5.41 Å². The summed E-state index contributed by atoms with van der Waals surface area (Å²) in [6.45, 7) is 8.78. The number of hydrogen-bond acceptors (Lipinski definition) is 2. The minimum atomic E-state index is -0.620. The SMILES string of the molecule is CC(C)(C)c1cccc2c1OC[C@](C)(c1ccccc1)C2=O. The van der Waals surface area contributed by atoms with Crippen molar-refractivity contribution in [2.24, 2.45) is 0 Å². The number of fused-ring (bicyclic) bond motifs is 1. The standard InChI is InChI=1S/C20H22O2/c1-19(2,3)16-12-8-11-15-17(16)22-13-20(4,18(15)21)14-9-6-5-7-10-14/h5-12H,13H2,1-4H3/t20-/m1/s1. The molecule has 0 saturated carbocycles. The number of carbonyl (C=O) groups excluding carboxylic acids is 1. The summed E-state index contributed by atoms with van der Waals surface area (Å²) in [5, 5.41) is 0. The van der Waals surface area contributed by atoms with E-state index in [9.17, 15) is 4.79 Å². The van der Waals surface area contributed by atoms with Crippen molar-refractivity contribution < 1.29 is 9.53 Å². The van der Waals surface area contributed by atoms with Crippen LogP contribution in [0.1, 0.15) is 49.2 Å². The average molecular weight is 294 g/mol. The fraction of sp³-hybridized carbons (Fsp3) is 0.350. The van der Waals surface area contributed by atoms with Crippen LogP contribution < -0.4 is 4.74 Å². The lowest BCUT2D eigenvalue weighted by Gasteiger charge is -2.36.